The summed E-state index contributed by atoms with van der Waals surface area (Å²) in [4.78, 5) is 14.4. The lowest BCUT2D eigenvalue weighted by molar-refractivity contribution is -0.131. The number of rotatable bonds is 3. The third-order valence-electron chi connectivity index (χ3n) is 4.57. The number of aryl methyl sites for hydroxylation is 1. The van der Waals surface area contributed by atoms with Crippen LogP contribution >= 0.6 is 0 Å². The minimum atomic E-state index is -3.19. The molecule has 0 spiro atoms. The van der Waals surface area contributed by atoms with Crippen LogP contribution in [-0.4, -0.2) is 60.5 Å². The SMILES string of the molecule is Cc1cn(CC(=O)N2CCCN(S(C)(=O)=O)CC2)c2ccccc12. The first-order valence-corrected chi connectivity index (χ1v) is 9.98. The molecule has 0 atom stereocenters. The summed E-state index contributed by atoms with van der Waals surface area (Å²) < 4.78 is 26.8. The van der Waals surface area contributed by atoms with Gasteiger partial charge < -0.3 is 9.47 Å². The second kappa shape index (κ2) is 6.57. The van der Waals surface area contributed by atoms with E-state index in [0.29, 0.717) is 32.6 Å². The minimum absolute atomic E-state index is 0.0334. The van der Waals surface area contributed by atoms with Gasteiger partial charge in [0.2, 0.25) is 15.9 Å². The van der Waals surface area contributed by atoms with Crippen LogP contribution in [0.3, 0.4) is 0 Å². The molecule has 7 heteroatoms. The molecule has 24 heavy (non-hydrogen) atoms. The van der Waals surface area contributed by atoms with E-state index in [1.165, 1.54) is 10.6 Å². The Morgan fingerprint density at radius 1 is 1.12 bits per heavy atom. The zero-order chi connectivity index (χ0) is 17.3. The van der Waals surface area contributed by atoms with E-state index < -0.39 is 10.0 Å². The Morgan fingerprint density at radius 2 is 1.88 bits per heavy atom. The largest absolute Gasteiger partial charge is 0.340 e. The highest BCUT2D eigenvalue weighted by Crippen LogP contribution is 2.20. The second-order valence-corrected chi connectivity index (χ2v) is 8.34. The normalized spacial score (nSPS) is 17.2. The smallest absolute Gasteiger partial charge is 0.242 e. The number of para-hydroxylation sites is 1. The number of nitrogens with zero attached hydrogens (tertiary/aromatic N) is 3. The standard InChI is InChI=1S/C17H23N3O3S/c1-14-12-19(16-7-4-3-6-15(14)16)13-17(21)18-8-5-9-20(11-10-18)24(2,22)23/h3-4,6-7,12H,5,8-11,13H2,1-2H3. The lowest BCUT2D eigenvalue weighted by Crippen LogP contribution is -2.38. The highest BCUT2D eigenvalue weighted by molar-refractivity contribution is 7.88. The number of carbonyl (C=O) groups is 1. The third-order valence-corrected chi connectivity index (χ3v) is 5.87. The number of sulfonamides is 1. The van der Waals surface area contributed by atoms with Gasteiger partial charge in [0, 0.05) is 43.3 Å². The molecule has 2 aromatic rings. The predicted octanol–water partition coefficient (Wildman–Crippen LogP) is 1.44. The van der Waals surface area contributed by atoms with Crippen molar-refractivity contribution in [3.05, 3.63) is 36.0 Å². The summed E-state index contributed by atoms with van der Waals surface area (Å²) in [5.41, 5.74) is 2.20. The Morgan fingerprint density at radius 3 is 2.62 bits per heavy atom. The van der Waals surface area contributed by atoms with Crippen LogP contribution in [0.1, 0.15) is 12.0 Å². The van der Waals surface area contributed by atoms with Crippen LogP contribution < -0.4 is 0 Å². The first-order chi connectivity index (χ1) is 11.4. The van der Waals surface area contributed by atoms with Gasteiger partial charge in [0.25, 0.3) is 0 Å². The maximum absolute atomic E-state index is 12.7. The molecular formula is C17H23N3O3S. The van der Waals surface area contributed by atoms with Gasteiger partial charge in [-0.25, -0.2) is 12.7 Å². The molecule has 1 aromatic heterocycles. The van der Waals surface area contributed by atoms with Crippen molar-refractivity contribution in [3.63, 3.8) is 0 Å². The monoisotopic (exact) mass is 349 g/mol. The zero-order valence-electron chi connectivity index (χ0n) is 14.1. The Hall–Kier alpha value is -1.86. The van der Waals surface area contributed by atoms with Crippen LogP contribution in [0.4, 0.5) is 0 Å². The lowest BCUT2D eigenvalue weighted by Gasteiger charge is -2.21. The molecule has 1 aliphatic rings. The molecule has 0 bridgehead atoms. The van der Waals surface area contributed by atoms with Crippen molar-refractivity contribution in [3.8, 4) is 0 Å². The summed E-state index contributed by atoms with van der Waals surface area (Å²) in [6.45, 7) is 4.23. The molecule has 1 aliphatic heterocycles. The molecule has 1 saturated heterocycles. The summed E-state index contributed by atoms with van der Waals surface area (Å²) in [5, 5.41) is 1.16. The molecule has 1 aromatic carbocycles. The fourth-order valence-electron chi connectivity index (χ4n) is 3.28. The molecular weight excluding hydrogens is 326 g/mol. The molecule has 6 nitrogen and oxygen atoms in total. The number of amides is 1. The summed E-state index contributed by atoms with van der Waals surface area (Å²) in [6.07, 6.45) is 3.90. The van der Waals surface area contributed by atoms with E-state index in [0.717, 1.165) is 16.5 Å². The van der Waals surface area contributed by atoms with Crippen LogP contribution in [0.15, 0.2) is 30.5 Å². The number of aromatic nitrogens is 1. The van der Waals surface area contributed by atoms with E-state index in [-0.39, 0.29) is 12.5 Å². The van der Waals surface area contributed by atoms with Crippen molar-refractivity contribution in [1.82, 2.24) is 13.8 Å². The Bertz CT molecular complexity index is 857. The molecule has 0 radical (unpaired) electrons. The molecule has 130 valence electrons. The molecule has 0 aliphatic carbocycles. The number of hydrogen-bond acceptors (Lipinski definition) is 3. The van der Waals surface area contributed by atoms with Gasteiger partial charge in [0.1, 0.15) is 6.54 Å². The highest BCUT2D eigenvalue weighted by atomic mass is 32.2. The molecule has 1 amide bonds. The van der Waals surface area contributed by atoms with E-state index in [1.807, 2.05) is 35.9 Å². The van der Waals surface area contributed by atoms with Crippen molar-refractivity contribution in [1.29, 1.82) is 0 Å². The molecule has 1 fully saturated rings. The maximum atomic E-state index is 12.7. The van der Waals surface area contributed by atoms with Gasteiger partial charge >= 0.3 is 0 Å². The molecule has 0 unspecified atom stereocenters. The van der Waals surface area contributed by atoms with Gasteiger partial charge in [-0.1, -0.05) is 18.2 Å². The van der Waals surface area contributed by atoms with Crippen molar-refractivity contribution in [2.24, 2.45) is 0 Å². The van der Waals surface area contributed by atoms with Crippen LogP contribution in [-0.2, 0) is 21.4 Å². The molecule has 3 rings (SSSR count). The number of benzene rings is 1. The minimum Gasteiger partial charge on any atom is -0.340 e. The fraction of sp³-hybridized carbons (Fsp3) is 0.471. The van der Waals surface area contributed by atoms with Gasteiger partial charge in [0.05, 0.1) is 6.26 Å². The topological polar surface area (TPSA) is 62.6 Å². The maximum Gasteiger partial charge on any atom is 0.242 e. The Balaban J connectivity index is 1.73. The Labute approximate surface area is 142 Å². The predicted molar refractivity (Wildman–Crippen MR) is 94.3 cm³/mol. The zero-order valence-corrected chi connectivity index (χ0v) is 14.9. The van der Waals surface area contributed by atoms with E-state index >= 15 is 0 Å². The van der Waals surface area contributed by atoms with Crippen LogP contribution in [0.2, 0.25) is 0 Å². The summed E-state index contributed by atoms with van der Waals surface area (Å²) >= 11 is 0. The van der Waals surface area contributed by atoms with Gasteiger partial charge in [-0.05, 0) is 25.0 Å². The second-order valence-electron chi connectivity index (χ2n) is 6.35. The number of carbonyl (C=O) groups excluding carboxylic acids is 1. The quantitative estimate of drug-likeness (QED) is 0.842. The van der Waals surface area contributed by atoms with Crippen LogP contribution in [0.25, 0.3) is 10.9 Å². The van der Waals surface area contributed by atoms with E-state index in [1.54, 1.807) is 4.90 Å². The van der Waals surface area contributed by atoms with Crippen molar-refractivity contribution < 1.29 is 13.2 Å². The van der Waals surface area contributed by atoms with Crippen LogP contribution in [0, 0.1) is 6.92 Å². The third kappa shape index (κ3) is 3.47. The number of hydrogen-bond donors (Lipinski definition) is 0. The van der Waals surface area contributed by atoms with E-state index in [4.69, 9.17) is 0 Å². The molecule has 0 N–H and O–H groups in total. The van der Waals surface area contributed by atoms with E-state index in [2.05, 4.69) is 6.07 Å². The van der Waals surface area contributed by atoms with Crippen molar-refractivity contribution >= 4 is 26.8 Å². The average Bonchev–Trinajstić information content (AvgIpc) is 2.73. The van der Waals surface area contributed by atoms with Gasteiger partial charge in [-0.2, -0.15) is 0 Å². The van der Waals surface area contributed by atoms with Crippen LogP contribution in [0.5, 0.6) is 0 Å². The van der Waals surface area contributed by atoms with Gasteiger partial charge in [-0.15, -0.1) is 0 Å². The van der Waals surface area contributed by atoms with E-state index in [9.17, 15) is 13.2 Å². The summed E-state index contributed by atoms with van der Waals surface area (Å²) in [6, 6.07) is 8.04. The first-order valence-electron chi connectivity index (χ1n) is 8.13. The molecule has 0 saturated carbocycles. The Kier molecular flexibility index (Phi) is 4.64. The number of fused-ring (bicyclic) bond motifs is 1. The van der Waals surface area contributed by atoms with Gasteiger partial charge in [-0.3, -0.25) is 4.79 Å². The summed E-state index contributed by atoms with van der Waals surface area (Å²) in [5.74, 6) is 0.0334. The lowest BCUT2D eigenvalue weighted by atomic mass is 10.2. The molecule has 2 heterocycles. The fourth-order valence-corrected chi connectivity index (χ4v) is 4.16. The van der Waals surface area contributed by atoms with Crippen molar-refractivity contribution in [2.75, 3.05) is 32.4 Å². The van der Waals surface area contributed by atoms with Gasteiger partial charge in [0.15, 0.2) is 0 Å². The average molecular weight is 349 g/mol. The summed E-state index contributed by atoms with van der Waals surface area (Å²) in [7, 11) is -3.19. The highest BCUT2D eigenvalue weighted by Gasteiger charge is 2.24. The van der Waals surface area contributed by atoms with Crippen molar-refractivity contribution in [2.45, 2.75) is 19.9 Å². The first kappa shape index (κ1) is 17.0.